The second-order valence-corrected chi connectivity index (χ2v) is 7.51. The number of piperidine rings is 1. The molecule has 4 rings (SSSR count). The fourth-order valence-electron chi connectivity index (χ4n) is 4.00. The highest BCUT2D eigenvalue weighted by Gasteiger charge is 2.54. The summed E-state index contributed by atoms with van der Waals surface area (Å²) in [6.07, 6.45) is 2.75. The van der Waals surface area contributed by atoms with Crippen molar-refractivity contribution in [3.8, 4) is 0 Å². The summed E-state index contributed by atoms with van der Waals surface area (Å²) < 4.78 is 33.0. The molecule has 5 nitrogen and oxygen atoms in total. The first-order valence-corrected chi connectivity index (χ1v) is 9.13. The fraction of sp³-hybridized carbons (Fsp3) is 0.579. The summed E-state index contributed by atoms with van der Waals surface area (Å²) in [5.74, 6) is -2.28. The average molecular weight is 364 g/mol. The van der Waals surface area contributed by atoms with Crippen molar-refractivity contribution in [1.29, 1.82) is 0 Å². The minimum Gasteiger partial charge on any atom is -0.377 e. The van der Waals surface area contributed by atoms with E-state index in [9.17, 15) is 18.4 Å². The third-order valence-electron chi connectivity index (χ3n) is 5.71. The topological polar surface area (TPSA) is 58.6 Å². The predicted octanol–water partition coefficient (Wildman–Crippen LogP) is 1.79. The summed E-state index contributed by atoms with van der Waals surface area (Å²) in [6, 6.07) is 4.08. The highest BCUT2D eigenvalue weighted by molar-refractivity contribution is 5.86. The number of rotatable bonds is 4. The van der Waals surface area contributed by atoms with E-state index in [1.165, 1.54) is 12.1 Å². The number of carbonyl (C=O) groups excluding carboxylic acids is 2. The van der Waals surface area contributed by atoms with Gasteiger partial charge in [-0.1, -0.05) is 12.1 Å². The molecule has 2 heterocycles. The maximum Gasteiger partial charge on any atom is 0.230 e. The van der Waals surface area contributed by atoms with E-state index in [0.717, 1.165) is 18.9 Å². The van der Waals surface area contributed by atoms with E-state index in [2.05, 4.69) is 5.32 Å². The lowest BCUT2D eigenvalue weighted by Crippen LogP contribution is -2.58. The molecular formula is C19H22F2N2O3. The summed E-state index contributed by atoms with van der Waals surface area (Å²) in [4.78, 5) is 27.1. The van der Waals surface area contributed by atoms with Gasteiger partial charge in [-0.15, -0.1) is 0 Å². The average Bonchev–Trinajstić information content (AvgIpc) is 3.33. The van der Waals surface area contributed by atoms with E-state index < -0.39 is 17.0 Å². The molecule has 3 fully saturated rings. The van der Waals surface area contributed by atoms with Gasteiger partial charge in [-0.25, -0.2) is 8.78 Å². The van der Waals surface area contributed by atoms with Gasteiger partial charge in [0, 0.05) is 31.3 Å². The smallest absolute Gasteiger partial charge is 0.230 e. The Bertz CT molecular complexity index is 737. The van der Waals surface area contributed by atoms with Gasteiger partial charge >= 0.3 is 0 Å². The lowest BCUT2D eigenvalue weighted by molar-refractivity contribution is -0.146. The summed E-state index contributed by atoms with van der Waals surface area (Å²) in [6.45, 7) is 1.23. The Morgan fingerprint density at radius 3 is 2.85 bits per heavy atom. The summed E-state index contributed by atoms with van der Waals surface area (Å²) in [5, 5.41) is 3.05. The highest BCUT2D eigenvalue weighted by Crippen LogP contribution is 2.42. The van der Waals surface area contributed by atoms with Crippen LogP contribution in [0.3, 0.4) is 0 Å². The molecule has 0 aromatic heterocycles. The van der Waals surface area contributed by atoms with E-state index in [1.54, 1.807) is 4.90 Å². The minimum absolute atomic E-state index is 0.0382. The Hall–Kier alpha value is -2.02. The molecule has 0 radical (unpaired) electrons. The van der Waals surface area contributed by atoms with Gasteiger partial charge in [0.15, 0.2) is 11.6 Å². The van der Waals surface area contributed by atoms with Gasteiger partial charge < -0.3 is 15.0 Å². The first-order chi connectivity index (χ1) is 12.5. The number of halogens is 2. The quantitative estimate of drug-likeness (QED) is 0.886. The van der Waals surface area contributed by atoms with Gasteiger partial charge in [-0.3, -0.25) is 9.59 Å². The fourth-order valence-corrected chi connectivity index (χ4v) is 4.00. The van der Waals surface area contributed by atoms with Gasteiger partial charge in [0.05, 0.1) is 17.9 Å². The van der Waals surface area contributed by atoms with Gasteiger partial charge in [0.25, 0.3) is 0 Å². The molecule has 26 heavy (non-hydrogen) atoms. The number of likely N-dealkylation sites (tertiary alicyclic amines) is 1. The van der Waals surface area contributed by atoms with Crippen LogP contribution >= 0.6 is 0 Å². The SMILES string of the molecule is O=C(Cc1cccc(F)c1F)N1CC[C@H]2OCC[C@@]2(C(=O)NC2CC2)C1. The second kappa shape index (κ2) is 6.61. The lowest BCUT2D eigenvalue weighted by Gasteiger charge is -2.42. The van der Waals surface area contributed by atoms with Crippen LogP contribution in [0.25, 0.3) is 0 Å². The van der Waals surface area contributed by atoms with Crippen LogP contribution in [-0.4, -0.2) is 48.6 Å². The number of hydrogen-bond donors (Lipinski definition) is 1. The largest absolute Gasteiger partial charge is 0.377 e. The molecule has 2 atom stereocenters. The van der Waals surface area contributed by atoms with Crippen LogP contribution in [0.1, 0.15) is 31.2 Å². The molecule has 1 aromatic carbocycles. The van der Waals surface area contributed by atoms with Crippen molar-refractivity contribution in [3.63, 3.8) is 0 Å². The van der Waals surface area contributed by atoms with Crippen molar-refractivity contribution in [2.45, 2.75) is 44.2 Å². The van der Waals surface area contributed by atoms with Crippen molar-refractivity contribution in [2.24, 2.45) is 5.41 Å². The van der Waals surface area contributed by atoms with Gasteiger partial charge in [0.1, 0.15) is 0 Å². The highest BCUT2D eigenvalue weighted by atomic mass is 19.2. The molecule has 0 spiro atoms. The molecule has 2 aliphatic heterocycles. The van der Waals surface area contributed by atoms with Crippen molar-refractivity contribution >= 4 is 11.8 Å². The maximum absolute atomic E-state index is 13.9. The lowest BCUT2D eigenvalue weighted by atomic mass is 9.75. The molecule has 2 saturated heterocycles. The van der Waals surface area contributed by atoms with Crippen LogP contribution in [0, 0.1) is 17.0 Å². The van der Waals surface area contributed by atoms with Crippen LogP contribution in [0.5, 0.6) is 0 Å². The first-order valence-electron chi connectivity index (χ1n) is 9.13. The summed E-state index contributed by atoms with van der Waals surface area (Å²) in [7, 11) is 0. The molecule has 1 saturated carbocycles. The normalized spacial score (nSPS) is 27.9. The van der Waals surface area contributed by atoms with Crippen LogP contribution in [0.2, 0.25) is 0 Å². The number of fused-ring (bicyclic) bond motifs is 1. The Labute approximate surface area is 150 Å². The van der Waals surface area contributed by atoms with Crippen molar-refractivity contribution in [2.75, 3.05) is 19.7 Å². The van der Waals surface area contributed by atoms with Crippen molar-refractivity contribution in [1.82, 2.24) is 10.2 Å². The van der Waals surface area contributed by atoms with Gasteiger partial charge in [-0.2, -0.15) is 0 Å². The third kappa shape index (κ3) is 3.09. The molecular weight excluding hydrogens is 342 g/mol. The van der Waals surface area contributed by atoms with E-state index >= 15 is 0 Å². The zero-order valence-corrected chi connectivity index (χ0v) is 14.5. The number of hydrogen-bond acceptors (Lipinski definition) is 3. The Balaban J connectivity index is 1.49. The van der Waals surface area contributed by atoms with Crippen LogP contribution < -0.4 is 5.32 Å². The Morgan fingerprint density at radius 1 is 1.27 bits per heavy atom. The van der Waals surface area contributed by atoms with Crippen LogP contribution in [0.15, 0.2) is 18.2 Å². The van der Waals surface area contributed by atoms with E-state index in [-0.39, 0.29) is 42.5 Å². The number of amides is 2. The molecule has 1 aromatic rings. The molecule has 3 aliphatic rings. The van der Waals surface area contributed by atoms with E-state index in [1.807, 2.05) is 0 Å². The van der Waals surface area contributed by atoms with Crippen molar-refractivity contribution < 1.29 is 23.1 Å². The first kappa shape index (κ1) is 17.4. The predicted molar refractivity (Wildman–Crippen MR) is 89.2 cm³/mol. The summed E-state index contributed by atoms with van der Waals surface area (Å²) in [5.41, 5.74) is -0.687. The molecule has 0 bridgehead atoms. The Kier molecular flexibility index (Phi) is 4.42. The number of nitrogens with one attached hydrogen (secondary N) is 1. The minimum atomic E-state index is -0.985. The number of carbonyl (C=O) groups is 2. The molecule has 2 amide bonds. The molecule has 140 valence electrons. The van der Waals surface area contributed by atoms with E-state index in [4.69, 9.17) is 4.74 Å². The van der Waals surface area contributed by atoms with Crippen LogP contribution in [-0.2, 0) is 20.7 Å². The summed E-state index contributed by atoms with van der Waals surface area (Å²) >= 11 is 0. The van der Waals surface area contributed by atoms with Crippen LogP contribution in [0.4, 0.5) is 8.78 Å². The number of nitrogens with zero attached hydrogens (tertiary/aromatic N) is 1. The molecule has 7 heteroatoms. The Morgan fingerprint density at radius 2 is 2.08 bits per heavy atom. The molecule has 1 aliphatic carbocycles. The van der Waals surface area contributed by atoms with Gasteiger partial charge in [0.2, 0.25) is 11.8 Å². The van der Waals surface area contributed by atoms with E-state index in [0.29, 0.717) is 26.0 Å². The van der Waals surface area contributed by atoms with Gasteiger partial charge in [-0.05, 0) is 31.7 Å². The standard InChI is InChI=1S/C19H22F2N2O3/c20-14-3-1-2-12(17(14)21)10-16(24)23-8-6-15-19(11-23,7-9-26-15)18(25)22-13-4-5-13/h1-3,13,15H,4-11H2,(H,22,25)/t15-,19-/m1/s1. The zero-order valence-electron chi connectivity index (χ0n) is 14.5. The zero-order chi connectivity index (χ0) is 18.3. The monoisotopic (exact) mass is 364 g/mol. The molecule has 0 unspecified atom stereocenters. The third-order valence-corrected chi connectivity index (χ3v) is 5.71. The maximum atomic E-state index is 13.9. The number of benzene rings is 1. The molecule has 1 N–H and O–H groups in total. The second-order valence-electron chi connectivity index (χ2n) is 7.51. The van der Waals surface area contributed by atoms with Crippen molar-refractivity contribution in [3.05, 3.63) is 35.4 Å². The number of ether oxygens (including phenoxy) is 1.